The summed E-state index contributed by atoms with van der Waals surface area (Å²) in [5.41, 5.74) is 3.92. The smallest absolute Gasteiger partial charge is 0.227 e. The molecular weight excluding hydrogens is 304 g/mol. The van der Waals surface area contributed by atoms with E-state index in [2.05, 4.69) is 21.2 Å². The van der Waals surface area contributed by atoms with Crippen molar-refractivity contribution in [2.24, 2.45) is 5.92 Å². The first-order chi connectivity index (χ1) is 11.6. The van der Waals surface area contributed by atoms with E-state index in [0.717, 1.165) is 47.7 Å². The zero-order chi connectivity index (χ0) is 16.7. The monoisotopic (exact) mass is 324 g/mol. The molecule has 1 aliphatic heterocycles. The SMILES string of the molecule is Cc1noc(C)c1CC(=O)N1CC(Cc2nccc3cc[nH]c23)C1. The Bertz CT molecular complexity index is 870. The van der Waals surface area contributed by atoms with E-state index < -0.39 is 0 Å². The molecule has 0 unspecified atom stereocenters. The number of nitrogens with one attached hydrogen (secondary N) is 1. The number of H-pyrrole nitrogens is 1. The van der Waals surface area contributed by atoms with Gasteiger partial charge in [0.15, 0.2) is 0 Å². The third-order valence-corrected chi connectivity index (χ3v) is 4.85. The highest BCUT2D eigenvalue weighted by molar-refractivity contribution is 5.81. The van der Waals surface area contributed by atoms with E-state index in [1.807, 2.05) is 37.2 Å². The van der Waals surface area contributed by atoms with Gasteiger partial charge in [0.2, 0.25) is 5.91 Å². The number of carbonyl (C=O) groups is 1. The molecule has 0 radical (unpaired) electrons. The van der Waals surface area contributed by atoms with Gasteiger partial charge in [0, 0.05) is 36.4 Å². The standard InChI is InChI=1S/C18H20N4O2/c1-11-15(12(2)24-21-11)8-17(23)22-9-13(10-22)7-16-18-14(3-5-19-16)4-6-20-18/h3-6,13,20H,7-10H2,1-2H3. The maximum absolute atomic E-state index is 12.4. The number of fused-ring (bicyclic) bond motifs is 1. The summed E-state index contributed by atoms with van der Waals surface area (Å²) in [4.78, 5) is 22.1. The predicted octanol–water partition coefficient (Wildman–Crippen LogP) is 2.41. The van der Waals surface area contributed by atoms with E-state index in [9.17, 15) is 4.79 Å². The first-order valence-corrected chi connectivity index (χ1v) is 8.22. The summed E-state index contributed by atoms with van der Waals surface area (Å²) in [6.07, 6.45) is 5.06. The molecule has 4 rings (SSSR count). The van der Waals surface area contributed by atoms with Gasteiger partial charge in [-0.1, -0.05) is 5.16 Å². The minimum atomic E-state index is 0.145. The number of amides is 1. The summed E-state index contributed by atoms with van der Waals surface area (Å²) < 4.78 is 5.13. The Morgan fingerprint density at radius 1 is 1.38 bits per heavy atom. The summed E-state index contributed by atoms with van der Waals surface area (Å²) in [5, 5.41) is 5.10. The van der Waals surface area contributed by atoms with Crippen molar-refractivity contribution < 1.29 is 9.32 Å². The molecule has 0 bridgehead atoms. The summed E-state index contributed by atoms with van der Waals surface area (Å²) in [5.74, 6) is 1.35. The van der Waals surface area contributed by atoms with Crippen molar-refractivity contribution in [2.45, 2.75) is 26.7 Å². The number of nitrogens with zero attached hydrogens (tertiary/aromatic N) is 3. The quantitative estimate of drug-likeness (QED) is 0.800. The number of hydrogen-bond acceptors (Lipinski definition) is 4. The molecule has 24 heavy (non-hydrogen) atoms. The van der Waals surface area contributed by atoms with E-state index in [4.69, 9.17) is 4.52 Å². The van der Waals surface area contributed by atoms with E-state index in [-0.39, 0.29) is 5.91 Å². The first kappa shape index (κ1) is 14.9. The fourth-order valence-corrected chi connectivity index (χ4v) is 3.39. The maximum Gasteiger partial charge on any atom is 0.227 e. The number of aromatic nitrogens is 3. The molecule has 0 saturated carbocycles. The van der Waals surface area contributed by atoms with Gasteiger partial charge in [-0.25, -0.2) is 0 Å². The molecule has 0 spiro atoms. The zero-order valence-corrected chi connectivity index (χ0v) is 13.9. The van der Waals surface area contributed by atoms with Crippen molar-refractivity contribution in [2.75, 3.05) is 13.1 Å². The molecule has 0 aliphatic carbocycles. The molecule has 4 heterocycles. The van der Waals surface area contributed by atoms with Gasteiger partial charge >= 0.3 is 0 Å². The van der Waals surface area contributed by atoms with Crippen LogP contribution in [0.3, 0.4) is 0 Å². The van der Waals surface area contributed by atoms with Crippen molar-refractivity contribution in [3.05, 3.63) is 47.2 Å². The molecular formula is C18H20N4O2. The molecule has 6 nitrogen and oxygen atoms in total. The second-order valence-corrected chi connectivity index (χ2v) is 6.55. The number of pyridine rings is 1. The van der Waals surface area contributed by atoms with Crippen LogP contribution in [0.2, 0.25) is 0 Å². The van der Waals surface area contributed by atoms with E-state index >= 15 is 0 Å². The molecule has 0 aromatic carbocycles. The predicted molar refractivity (Wildman–Crippen MR) is 89.5 cm³/mol. The number of likely N-dealkylation sites (tertiary alicyclic amines) is 1. The molecule has 1 saturated heterocycles. The Kier molecular flexibility index (Phi) is 3.59. The van der Waals surface area contributed by atoms with Gasteiger partial charge in [0.25, 0.3) is 0 Å². The number of aromatic amines is 1. The van der Waals surface area contributed by atoms with Gasteiger partial charge < -0.3 is 14.4 Å². The second kappa shape index (κ2) is 5.78. The van der Waals surface area contributed by atoms with Gasteiger partial charge in [0.05, 0.1) is 23.3 Å². The largest absolute Gasteiger partial charge is 0.361 e. The third-order valence-electron chi connectivity index (χ3n) is 4.85. The molecule has 1 aliphatic rings. The van der Waals surface area contributed by atoms with Crippen LogP contribution in [-0.4, -0.2) is 39.0 Å². The normalized spacial score (nSPS) is 15.0. The lowest BCUT2D eigenvalue weighted by molar-refractivity contribution is -0.136. The van der Waals surface area contributed by atoms with Crippen LogP contribution in [0.25, 0.3) is 10.9 Å². The fraction of sp³-hybridized carbons (Fsp3) is 0.389. The van der Waals surface area contributed by atoms with Crippen LogP contribution in [0.15, 0.2) is 29.0 Å². The molecule has 3 aromatic rings. The molecule has 124 valence electrons. The van der Waals surface area contributed by atoms with Gasteiger partial charge in [-0.2, -0.15) is 0 Å². The number of rotatable bonds is 4. The van der Waals surface area contributed by atoms with Crippen LogP contribution in [0.5, 0.6) is 0 Å². The highest BCUT2D eigenvalue weighted by Crippen LogP contribution is 2.24. The zero-order valence-electron chi connectivity index (χ0n) is 13.9. The summed E-state index contributed by atoms with van der Waals surface area (Å²) >= 11 is 0. The van der Waals surface area contributed by atoms with Crippen LogP contribution in [-0.2, 0) is 17.6 Å². The van der Waals surface area contributed by atoms with Crippen molar-refractivity contribution in [1.29, 1.82) is 0 Å². The fourth-order valence-electron chi connectivity index (χ4n) is 3.39. The summed E-state index contributed by atoms with van der Waals surface area (Å²) in [6.45, 7) is 5.31. The summed E-state index contributed by atoms with van der Waals surface area (Å²) in [7, 11) is 0. The van der Waals surface area contributed by atoms with Crippen molar-refractivity contribution in [3.63, 3.8) is 0 Å². The topological polar surface area (TPSA) is 75.0 Å². The van der Waals surface area contributed by atoms with Crippen LogP contribution >= 0.6 is 0 Å². The van der Waals surface area contributed by atoms with Gasteiger partial charge in [0.1, 0.15) is 5.76 Å². The number of hydrogen-bond donors (Lipinski definition) is 1. The van der Waals surface area contributed by atoms with Gasteiger partial charge in [-0.3, -0.25) is 9.78 Å². The number of carbonyl (C=O) groups excluding carboxylic acids is 1. The average Bonchev–Trinajstić information content (AvgIpc) is 3.12. The Labute approximate surface area is 139 Å². The van der Waals surface area contributed by atoms with Crippen LogP contribution in [0.4, 0.5) is 0 Å². The van der Waals surface area contributed by atoms with E-state index in [1.54, 1.807) is 0 Å². The lowest BCUT2D eigenvalue weighted by Crippen LogP contribution is -2.51. The number of aryl methyl sites for hydroxylation is 2. The Morgan fingerprint density at radius 3 is 2.96 bits per heavy atom. The Morgan fingerprint density at radius 2 is 2.21 bits per heavy atom. The van der Waals surface area contributed by atoms with Crippen LogP contribution < -0.4 is 0 Å². The Hall–Kier alpha value is -2.63. The molecule has 6 heteroatoms. The highest BCUT2D eigenvalue weighted by atomic mass is 16.5. The minimum absolute atomic E-state index is 0.145. The van der Waals surface area contributed by atoms with Crippen LogP contribution in [0.1, 0.15) is 22.7 Å². The first-order valence-electron chi connectivity index (χ1n) is 8.22. The van der Waals surface area contributed by atoms with Crippen molar-refractivity contribution in [1.82, 2.24) is 20.0 Å². The molecule has 3 aromatic heterocycles. The third kappa shape index (κ3) is 2.58. The average molecular weight is 324 g/mol. The summed E-state index contributed by atoms with van der Waals surface area (Å²) in [6, 6.07) is 4.07. The maximum atomic E-state index is 12.4. The van der Waals surface area contributed by atoms with Gasteiger partial charge in [-0.05, 0) is 38.3 Å². The molecule has 1 N–H and O–H groups in total. The lowest BCUT2D eigenvalue weighted by atomic mass is 9.93. The van der Waals surface area contributed by atoms with Gasteiger partial charge in [-0.15, -0.1) is 0 Å². The lowest BCUT2D eigenvalue weighted by Gasteiger charge is -2.39. The van der Waals surface area contributed by atoms with E-state index in [0.29, 0.717) is 12.3 Å². The van der Waals surface area contributed by atoms with Crippen molar-refractivity contribution in [3.8, 4) is 0 Å². The molecule has 0 atom stereocenters. The second-order valence-electron chi connectivity index (χ2n) is 6.55. The van der Waals surface area contributed by atoms with Crippen LogP contribution in [0, 0.1) is 19.8 Å². The van der Waals surface area contributed by atoms with E-state index in [1.165, 1.54) is 5.39 Å². The molecule has 1 amide bonds. The van der Waals surface area contributed by atoms with Crippen molar-refractivity contribution >= 4 is 16.8 Å². The minimum Gasteiger partial charge on any atom is -0.361 e. The molecule has 1 fully saturated rings. The highest BCUT2D eigenvalue weighted by Gasteiger charge is 2.32. The Balaban J connectivity index is 1.36.